The van der Waals surface area contributed by atoms with Crippen LogP contribution in [0, 0.1) is 11.7 Å². The largest absolute Gasteiger partial charge is 0.382 e. The third-order valence-corrected chi connectivity index (χ3v) is 5.48. The van der Waals surface area contributed by atoms with Crippen molar-refractivity contribution in [3.8, 4) is 0 Å². The Morgan fingerprint density at radius 3 is 2.67 bits per heavy atom. The van der Waals surface area contributed by atoms with E-state index in [1.807, 2.05) is 19.2 Å². The Morgan fingerprint density at radius 2 is 2.04 bits per heavy atom. The van der Waals surface area contributed by atoms with E-state index in [1.165, 1.54) is 5.56 Å². The van der Waals surface area contributed by atoms with Gasteiger partial charge in [0, 0.05) is 45.1 Å². The van der Waals surface area contributed by atoms with Crippen LogP contribution in [0.5, 0.6) is 0 Å². The van der Waals surface area contributed by atoms with Gasteiger partial charge in [-0.05, 0) is 37.0 Å². The fraction of sp³-hybridized carbons (Fsp3) is 0.650. The van der Waals surface area contributed by atoms with Crippen LogP contribution in [0.2, 0.25) is 0 Å². The van der Waals surface area contributed by atoms with Crippen molar-refractivity contribution in [1.82, 2.24) is 10.2 Å². The molecule has 152 valence electrons. The Hall–Kier alpha value is -0.930. The second-order valence-electron chi connectivity index (χ2n) is 7.36. The van der Waals surface area contributed by atoms with Crippen molar-refractivity contribution >= 4 is 29.9 Å². The van der Waals surface area contributed by atoms with Crippen LogP contribution >= 0.6 is 24.0 Å². The third-order valence-electron chi connectivity index (χ3n) is 5.48. The number of ether oxygens (including phenoxy) is 2. The molecular weight excluding hydrogens is 460 g/mol. The van der Waals surface area contributed by atoms with E-state index in [1.54, 1.807) is 19.2 Å². The van der Waals surface area contributed by atoms with Gasteiger partial charge in [0.05, 0.1) is 19.8 Å². The highest BCUT2D eigenvalue weighted by atomic mass is 127. The first-order chi connectivity index (χ1) is 12.7. The predicted molar refractivity (Wildman–Crippen MR) is 116 cm³/mol. The van der Waals surface area contributed by atoms with Crippen LogP contribution in [0.1, 0.15) is 24.8 Å². The molecule has 0 bridgehead atoms. The summed E-state index contributed by atoms with van der Waals surface area (Å²) in [6.07, 6.45) is 3.40. The van der Waals surface area contributed by atoms with Gasteiger partial charge in [0.2, 0.25) is 0 Å². The lowest BCUT2D eigenvalue weighted by Crippen LogP contribution is -2.43. The highest BCUT2D eigenvalue weighted by Crippen LogP contribution is 2.47. The van der Waals surface area contributed by atoms with Crippen LogP contribution < -0.4 is 5.32 Å². The lowest BCUT2D eigenvalue weighted by molar-refractivity contribution is 0.0536. The molecule has 1 saturated carbocycles. The lowest BCUT2D eigenvalue weighted by atomic mass is 9.96. The standard InChI is InChI=1S/C20H30FN3O2.HI/c1-22-19(24-10-7-16(13-24)14-26-12-11-25-2)23-15-20(8-9-20)17-3-5-18(21)6-4-17;/h3-6,16H,7-15H2,1-2H3,(H,22,23);1H. The van der Waals surface area contributed by atoms with Gasteiger partial charge < -0.3 is 19.7 Å². The monoisotopic (exact) mass is 491 g/mol. The van der Waals surface area contributed by atoms with Crippen LogP contribution in [0.15, 0.2) is 29.3 Å². The normalized spacial score (nSPS) is 21.1. The minimum absolute atomic E-state index is 0. The number of likely N-dealkylation sites (tertiary alicyclic amines) is 1. The van der Waals surface area contributed by atoms with Gasteiger partial charge in [-0.2, -0.15) is 0 Å². The molecule has 0 amide bonds. The zero-order valence-corrected chi connectivity index (χ0v) is 18.6. The van der Waals surface area contributed by atoms with E-state index in [0.717, 1.165) is 51.5 Å². The van der Waals surface area contributed by atoms with Crippen molar-refractivity contribution in [2.75, 3.05) is 53.6 Å². The molecule has 0 aromatic heterocycles. The second kappa shape index (κ2) is 10.6. The van der Waals surface area contributed by atoms with Crippen molar-refractivity contribution < 1.29 is 13.9 Å². The minimum Gasteiger partial charge on any atom is -0.382 e. The van der Waals surface area contributed by atoms with E-state index >= 15 is 0 Å². The molecule has 1 heterocycles. The molecule has 1 unspecified atom stereocenters. The highest BCUT2D eigenvalue weighted by molar-refractivity contribution is 14.0. The molecular formula is C20H31FIN3O2. The van der Waals surface area contributed by atoms with Gasteiger partial charge in [-0.25, -0.2) is 4.39 Å². The SMILES string of the molecule is CN=C(NCC1(c2ccc(F)cc2)CC1)N1CCC(COCCOC)C1.I. The third kappa shape index (κ3) is 6.02. The van der Waals surface area contributed by atoms with E-state index in [4.69, 9.17) is 9.47 Å². The van der Waals surface area contributed by atoms with Crippen molar-refractivity contribution in [1.29, 1.82) is 0 Å². The Balaban J connectivity index is 0.00000261. The Kier molecular flexibility index (Phi) is 8.75. The van der Waals surface area contributed by atoms with Gasteiger partial charge in [0.1, 0.15) is 5.82 Å². The fourth-order valence-electron chi connectivity index (χ4n) is 3.66. The van der Waals surface area contributed by atoms with Gasteiger partial charge in [0.15, 0.2) is 5.96 Å². The molecule has 1 aromatic rings. The zero-order valence-electron chi connectivity index (χ0n) is 16.2. The Morgan fingerprint density at radius 1 is 1.30 bits per heavy atom. The average Bonchev–Trinajstić information content (AvgIpc) is 3.30. The molecule has 2 fully saturated rings. The summed E-state index contributed by atoms with van der Waals surface area (Å²) in [6, 6.07) is 6.93. The van der Waals surface area contributed by atoms with Crippen LogP contribution in [-0.4, -0.2) is 64.5 Å². The first-order valence-electron chi connectivity index (χ1n) is 9.45. The van der Waals surface area contributed by atoms with E-state index in [0.29, 0.717) is 19.1 Å². The number of nitrogens with one attached hydrogen (secondary N) is 1. The van der Waals surface area contributed by atoms with E-state index in [2.05, 4.69) is 15.2 Å². The maximum atomic E-state index is 13.2. The highest BCUT2D eigenvalue weighted by Gasteiger charge is 2.44. The number of hydrogen-bond acceptors (Lipinski definition) is 3. The minimum atomic E-state index is -0.177. The number of guanidine groups is 1. The van der Waals surface area contributed by atoms with Crippen LogP contribution in [0.3, 0.4) is 0 Å². The summed E-state index contributed by atoms with van der Waals surface area (Å²) in [5.74, 6) is 1.32. The summed E-state index contributed by atoms with van der Waals surface area (Å²) in [5.41, 5.74) is 1.35. The van der Waals surface area contributed by atoms with Gasteiger partial charge >= 0.3 is 0 Å². The van der Waals surface area contributed by atoms with Crippen molar-refractivity contribution in [3.05, 3.63) is 35.6 Å². The molecule has 1 aliphatic carbocycles. The first kappa shape index (κ1) is 22.4. The number of nitrogens with zero attached hydrogens (tertiary/aromatic N) is 2. The van der Waals surface area contributed by atoms with Crippen molar-refractivity contribution in [2.24, 2.45) is 10.9 Å². The number of rotatable bonds is 8. The van der Waals surface area contributed by atoms with Crippen molar-refractivity contribution in [2.45, 2.75) is 24.7 Å². The Labute approximate surface area is 178 Å². The molecule has 1 aromatic carbocycles. The molecule has 1 atom stereocenters. The number of benzene rings is 1. The van der Waals surface area contributed by atoms with Gasteiger partial charge in [-0.1, -0.05) is 12.1 Å². The van der Waals surface area contributed by atoms with E-state index in [-0.39, 0.29) is 35.2 Å². The summed E-state index contributed by atoms with van der Waals surface area (Å²) in [4.78, 5) is 6.77. The molecule has 27 heavy (non-hydrogen) atoms. The Bertz CT molecular complexity index is 608. The molecule has 1 N–H and O–H groups in total. The maximum Gasteiger partial charge on any atom is 0.193 e. The molecule has 1 saturated heterocycles. The number of hydrogen-bond donors (Lipinski definition) is 1. The van der Waals surface area contributed by atoms with Crippen molar-refractivity contribution in [3.63, 3.8) is 0 Å². The topological polar surface area (TPSA) is 46.1 Å². The van der Waals surface area contributed by atoms with E-state index < -0.39 is 0 Å². The number of aliphatic imine (C=N–C) groups is 1. The predicted octanol–water partition coefficient (Wildman–Crippen LogP) is 3.04. The lowest BCUT2D eigenvalue weighted by Gasteiger charge is -2.24. The summed E-state index contributed by atoms with van der Waals surface area (Å²) >= 11 is 0. The first-order valence-corrected chi connectivity index (χ1v) is 9.45. The van der Waals surface area contributed by atoms with Crippen LogP contribution in [-0.2, 0) is 14.9 Å². The zero-order chi connectivity index (χ0) is 18.4. The maximum absolute atomic E-state index is 13.2. The average molecular weight is 491 g/mol. The molecule has 2 aliphatic rings. The number of halogens is 2. The molecule has 0 spiro atoms. The quantitative estimate of drug-likeness (QED) is 0.263. The van der Waals surface area contributed by atoms with Crippen LogP contribution in [0.4, 0.5) is 4.39 Å². The van der Waals surface area contributed by atoms with E-state index in [9.17, 15) is 4.39 Å². The molecule has 0 radical (unpaired) electrons. The summed E-state index contributed by atoms with van der Waals surface area (Å²) in [6.45, 7) is 4.89. The molecule has 5 nitrogen and oxygen atoms in total. The summed E-state index contributed by atoms with van der Waals surface area (Å²) < 4.78 is 23.9. The number of methoxy groups -OCH3 is 1. The van der Waals surface area contributed by atoms with Crippen LogP contribution in [0.25, 0.3) is 0 Å². The summed E-state index contributed by atoms with van der Waals surface area (Å²) in [5, 5.41) is 3.55. The van der Waals surface area contributed by atoms with Gasteiger partial charge in [-0.15, -0.1) is 24.0 Å². The second-order valence-corrected chi connectivity index (χ2v) is 7.36. The van der Waals surface area contributed by atoms with Gasteiger partial charge in [0.25, 0.3) is 0 Å². The molecule has 7 heteroatoms. The molecule has 3 rings (SSSR count). The summed E-state index contributed by atoms with van der Waals surface area (Å²) in [7, 11) is 3.52. The molecule has 1 aliphatic heterocycles. The van der Waals surface area contributed by atoms with Gasteiger partial charge in [-0.3, -0.25) is 4.99 Å². The smallest absolute Gasteiger partial charge is 0.193 e. The fourth-order valence-corrected chi connectivity index (χ4v) is 3.66.